The average molecular weight is 384 g/mol. The molecule has 0 spiro atoms. The third-order valence-electron chi connectivity index (χ3n) is 4.06. The van der Waals surface area contributed by atoms with Crippen LogP contribution in [0.1, 0.15) is 43.2 Å². The van der Waals surface area contributed by atoms with Gasteiger partial charge in [-0.2, -0.15) is 0 Å². The number of rotatable bonds is 5. The molecule has 0 radical (unpaired) electrons. The van der Waals surface area contributed by atoms with Crippen LogP contribution in [-0.4, -0.2) is 21.9 Å². The number of Topliss-reactive ketones (excluding diaryl/α,β-unsaturated/α-hetero) is 1. The first kappa shape index (κ1) is 19.2. The molecule has 0 amide bonds. The van der Waals surface area contributed by atoms with Crippen LogP contribution in [0.15, 0.2) is 54.6 Å². The minimum absolute atomic E-state index is 0.271. The number of esters is 1. The number of fused-ring (bicyclic) bond motifs is 1. The van der Waals surface area contributed by atoms with E-state index in [-0.39, 0.29) is 12.2 Å². The first-order chi connectivity index (χ1) is 12.7. The Bertz CT molecular complexity index is 984. The summed E-state index contributed by atoms with van der Waals surface area (Å²) in [6, 6.07) is 17.2. The molecule has 140 valence electrons. The Morgan fingerprint density at radius 3 is 2.41 bits per heavy atom. The number of ether oxygens (including phenoxy) is 1. The Kier molecular flexibility index (Phi) is 5.38. The topological polar surface area (TPSA) is 48.3 Å². The second kappa shape index (κ2) is 7.57. The standard InChI is InChI=1S/C22H22ClNO3/c1-22(2,3)27-21(26)13-20(25)19-12-16-11-17(23)9-10-18(16)24(19)14-15-7-5-4-6-8-15/h4-12H,13-14H2,1-3H3. The van der Waals surface area contributed by atoms with E-state index in [0.717, 1.165) is 16.5 Å². The zero-order chi connectivity index (χ0) is 19.6. The lowest BCUT2D eigenvalue weighted by molar-refractivity contribution is -0.153. The Labute approximate surface area is 163 Å². The SMILES string of the molecule is CC(C)(C)OC(=O)CC(=O)c1cc2cc(Cl)ccc2n1Cc1ccccc1. The number of aromatic nitrogens is 1. The smallest absolute Gasteiger partial charge is 0.314 e. The van der Waals surface area contributed by atoms with Crippen molar-refractivity contribution in [3.8, 4) is 0 Å². The molecule has 0 atom stereocenters. The van der Waals surface area contributed by atoms with Crippen molar-refractivity contribution >= 4 is 34.3 Å². The Morgan fingerprint density at radius 1 is 1.04 bits per heavy atom. The summed E-state index contributed by atoms with van der Waals surface area (Å²) in [5, 5.41) is 1.47. The minimum atomic E-state index is -0.623. The molecule has 3 rings (SSSR count). The highest BCUT2D eigenvalue weighted by molar-refractivity contribution is 6.31. The largest absolute Gasteiger partial charge is 0.460 e. The highest BCUT2D eigenvalue weighted by Gasteiger charge is 2.23. The van der Waals surface area contributed by atoms with Gasteiger partial charge in [0.05, 0.1) is 5.69 Å². The van der Waals surface area contributed by atoms with E-state index >= 15 is 0 Å². The van der Waals surface area contributed by atoms with Gasteiger partial charge in [-0.3, -0.25) is 9.59 Å². The van der Waals surface area contributed by atoms with Gasteiger partial charge in [-0.25, -0.2) is 0 Å². The third-order valence-corrected chi connectivity index (χ3v) is 4.29. The molecule has 0 saturated carbocycles. The lowest BCUT2D eigenvalue weighted by Crippen LogP contribution is -2.25. The number of hydrogen-bond donors (Lipinski definition) is 0. The number of carbonyl (C=O) groups excluding carboxylic acids is 2. The van der Waals surface area contributed by atoms with Crippen molar-refractivity contribution in [2.45, 2.75) is 39.3 Å². The van der Waals surface area contributed by atoms with Crippen molar-refractivity contribution in [3.05, 3.63) is 70.9 Å². The number of ketones is 1. The zero-order valence-electron chi connectivity index (χ0n) is 15.7. The predicted octanol–water partition coefficient (Wildman–Crippen LogP) is 5.26. The van der Waals surface area contributed by atoms with Gasteiger partial charge >= 0.3 is 5.97 Å². The van der Waals surface area contributed by atoms with Crippen LogP contribution in [0.3, 0.4) is 0 Å². The summed E-state index contributed by atoms with van der Waals surface area (Å²) in [7, 11) is 0. The van der Waals surface area contributed by atoms with Crippen LogP contribution >= 0.6 is 11.6 Å². The van der Waals surface area contributed by atoms with Gasteiger partial charge in [-0.05, 0) is 50.6 Å². The molecule has 0 aliphatic rings. The van der Waals surface area contributed by atoms with Crippen molar-refractivity contribution in [3.63, 3.8) is 0 Å². The number of benzene rings is 2. The van der Waals surface area contributed by atoms with Crippen molar-refractivity contribution in [1.29, 1.82) is 0 Å². The molecule has 5 heteroatoms. The fourth-order valence-electron chi connectivity index (χ4n) is 3.01. The maximum absolute atomic E-state index is 12.9. The number of nitrogens with zero attached hydrogens (tertiary/aromatic N) is 1. The van der Waals surface area contributed by atoms with Gasteiger partial charge in [0, 0.05) is 22.5 Å². The second-order valence-corrected chi connectivity index (χ2v) is 7.93. The van der Waals surface area contributed by atoms with Gasteiger partial charge < -0.3 is 9.30 Å². The fraction of sp³-hybridized carbons (Fsp3) is 0.273. The number of halogens is 1. The molecule has 0 saturated heterocycles. The predicted molar refractivity (Wildman–Crippen MR) is 107 cm³/mol. The van der Waals surface area contributed by atoms with E-state index in [1.54, 1.807) is 32.9 Å². The van der Waals surface area contributed by atoms with E-state index in [0.29, 0.717) is 17.3 Å². The van der Waals surface area contributed by atoms with Crippen molar-refractivity contribution in [2.75, 3.05) is 0 Å². The third kappa shape index (κ3) is 4.77. The summed E-state index contributed by atoms with van der Waals surface area (Å²) in [5.74, 6) is -0.797. The molecule has 0 aliphatic heterocycles. The summed E-state index contributed by atoms with van der Waals surface area (Å²) >= 11 is 6.11. The molecule has 0 unspecified atom stereocenters. The fourth-order valence-corrected chi connectivity index (χ4v) is 3.19. The Balaban J connectivity index is 1.97. The van der Waals surface area contributed by atoms with Gasteiger partial charge in [0.25, 0.3) is 0 Å². The first-order valence-corrected chi connectivity index (χ1v) is 9.18. The highest BCUT2D eigenvalue weighted by Crippen LogP contribution is 2.26. The van der Waals surface area contributed by atoms with E-state index in [1.165, 1.54) is 0 Å². The molecule has 0 N–H and O–H groups in total. The summed E-state index contributed by atoms with van der Waals surface area (Å²) in [4.78, 5) is 25.0. The Hall–Kier alpha value is -2.59. The van der Waals surface area contributed by atoms with E-state index in [4.69, 9.17) is 16.3 Å². The zero-order valence-corrected chi connectivity index (χ0v) is 16.4. The lowest BCUT2D eigenvalue weighted by atomic mass is 10.1. The lowest BCUT2D eigenvalue weighted by Gasteiger charge is -2.19. The molecule has 0 aliphatic carbocycles. The van der Waals surface area contributed by atoms with Crippen molar-refractivity contribution in [1.82, 2.24) is 4.57 Å². The first-order valence-electron chi connectivity index (χ1n) is 8.81. The van der Waals surface area contributed by atoms with Gasteiger partial charge in [0.15, 0.2) is 5.78 Å². The van der Waals surface area contributed by atoms with Gasteiger partial charge in [0.2, 0.25) is 0 Å². The molecular formula is C22H22ClNO3. The molecular weight excluding hydrogens is 362 g/mol. The van der Waals surface area contributed by atoms with E-state index in [9.17, 15) is 9.59 Å². The molecule has 3 aromatic rings. The molecule has 0 bridgehead atoms. The molecule has 0 fully saturated rings. The molecule has 27 heavy (non-hydrogen) atoms. The molecule has 1 heterocycles. The van der Waals surface area contributed by atoms with Gasteiger partial charge in [-0.1, -0.05) is 41.9 Å². The van der Waals surface area contributed by atoms with Crippen molar-refractivity contribution < 1.29 is 14.3 Å². The van der Waals surface area contributed by atoms with E-state index < -0.39 is 11.6 Å². The Morgan fingerprint density at radius 2 is 1.74 bits per heavy atom. The molecule has 2 aromatic carbocycles. The number of hydrogen-bond acceptors (Lipinski definition) is 3. The van der Waals surface area contributed by atoms with Crippen molar-refractivity contribution in [2.24, 2.45) is 0 Å². The van der Waals surface area contributed by atoms with Gasteiger partial charge in [-0.15, -0.1) is 0 Å². The summed E-state index contributed by atoms with van der Waals surface area (Å²) < 4.78 is 7.22. The van der Waals surface area contributed by atoms with Crippen LogP contribution in [0.25, 0.3) is 10.9 Å². The van der Waals surface area contributed by atoms with Crippen LogP contribution in [0.2, 0.25) is 5.02 Å². The summed E-state index contributed by atoms with van der Waals surface area (Å²) in [5.41, 5.74) is 1.82. The van der Waals surface area contributed by atoms with Crippen LogP contribution in [-0.2, 0) is 16.1 Å². The molecule has 4 nitrogen and oxygen atoms in total. The summed E-state index contributed by atoms with van der Waals surface area (Å²) in [6.45, 7) is 5.87. The maximum Gasteiger partial charge on any atom is 0.314 e. The highest BCUT2D eigenvalue weighted by atomic mass is 35.5. The van der Waals surface area contributed by atoms with Gasteiger partial charge in [0.1, 0.15) is 12.0 Å². The van der Waals surface area contributed by atoms with E-state index in [1.807, 2.05) is 47.0 Å². The quantitative estimate of drug-likeness (QED) is 0.343. The van der Waals surface area contributed by atoms with Crippen LogP contribution in [0, 0.1) is 0 Å². The average Bonchev–Trinajstić information content (AvgIpc) is 2.91. The van der Waals surface area contributed by atoms with E-state index in [2.05, 4.69) is 0 Å². The minimum Gasteiger partial charge on any atom is -0.460 e. The number of carbonyl (C=O) groups is 2. The normalized spacial score (nSPS) is 11.6. The summed E-state index contributed by atoms with van der Waals surface area (Å²) in [6.07, 6.45) is -0.296. The maximum atomic E-state index is 12.9. The molecule has 1 aromatic heterocycles. The monoisotopic (exact) mass is 383 g/mol. The van der Waals surface area contributed by atoms with Crippen LogP contribution in [0.5, 0.6) is 0 Å². The second-order valence-electron chi connectivity index (χ2n) is 7.49. The van der Waals surface area contributed by atoms with Crippen LogP contribution < -0.4 is 0 Å². The van der Waals surface area contributed by atoms with Crippen LogP contribution in [0.4, 0.5) is 0 Å².